The van der Waals surface area contributed by atoms with E-state index in [-0.39, 0.29) is 0 Å². The van der Waals surface area contributed by atoms with Gasteiger partial charge in [0.2, 0.25) is 0 Å². The van der Waals surface area contributed by atoms with Gasteiger partial charge in [-0.2, -0.15) is 0 Å². The average Bonchev–Trinajstić information content (AvgIpc) is 2.56. The number of methoxy groups -OCH3 is 1. The van der Waals surface area contributed by atoms with Gasteiger partial charge in [0.05, 0.1) is 13.7 Å². The lowest BCUT2D eigenvalue weighted by Gasteiger charge is -2.14. The first-order valence-electron chi connectivity index (χ1n) is 8.74. The van der Waals surface area contributed by atoms with E-state index in [2.05, 4.69) is 38.2 Å². The molecule has 3 heteroatoms. The summed E-state index contributed by atoms with van der Waals surface area (Å²) in [4.78, 5) is 0. The summed E-state index contributed by atoms with van der Waals surface area (Å²) in [6.07, 6.45) is 7.39. The first kappa shape index (κ1) is 18.8. The van der Waals surface area contributed by atoms with Crippen molar-refractivity contribution in [2.45, 2.75) is 71.9 Å². The maximum absolute atomic E-state index is 5.86. The summed E-state index contributed by atoms with van der Waals surface area (Å²) in [7, 11) is 1.70. The molecule has 0 saturated heterocycles. The van der Waals surface area contributed by atoms with Gasteiger partial charge in [-0.25, -0.2) is 0 Å². The molecule has 1 N–H and O–H groups in total. The lowest BCUT2D eigenvalue weighted by Crippen LogP contribution is -2.24. The quantitative estimate of drug-likeness (QED) is 0.555. The molecule has 1 unspecified atom stereocenters. The fourth-order valence-corrected chi connectivity index (χ4v) is 2.27. The van der Waals surface area contributed by atoms with Crippen LogP contribution < -0.4 is 14.8 Å². The molecular formula is C19H33NO2. The lowest BCUT2D eigenvalue weighted by molar-refractivity contribution is 0.284. The number of hydrogen-bond donors (Lipinski definition) is 1. The van der Waals surface area contributed by atoms with Crippen molar-refractivity contribution < 1.29 is 9.47 Å². The van der Waals surface area contributed by atoms with Gasteiger partial charge in [0.15, 0.2) is 11.5 Å². The van der Waals surface area contributed by atoms with Crippen molar-refractivity contribution >= 4 is 0 Å². The third-order valence-corrected chi connectivity index (χ3v) is 4.00. The molecule has 0 aliphatic carbocycles. The predicted octanol–water partition coefficient (Wildman–Crippen LogP) is 4.93. The maximum atomic E-state index is 5.86. The van der Waals surface area contributed by atoms with Gasteiger partial charge in [0.1, 0.15) is 0 Å². The van der Waals surface area contributed by atoms with E-state index >= 15 is 0 Å². The Morgan fingerprint density at radius 3 is 2.50 bits per heavy atom. The van der Waals surface area contributed by atoms with Crippen molar-refractivity contribution in [1.29, 1.82) is 0 Å². The van der Waals surface area contributed by atoms with Gasteiger partial charge in [-0.1, -0.05) is 45.6 Å². The Bertz CT molecular complexity index is 406. The molecule has 0 spiro atoms. The maximum Gasteiger partial charge on any atom is 0.161 e. The standard InChI is InChI=1S/C19H33NO2/c1-5-7-8-9-10-13-22-18-12-11-17(14-19(18)21-4)15-20-16(3)6-2/h11-12,14,16,20H,5-10,13,15H2,1-4H3. The minimum atomic E-state index is 0.532. The van der Waals surface area contributed by atoms with Crippen LogP contribution in [-0.2, 0) is 6.54 Å². The highest BCUT2D eigenvalue weighted by molar-refractivity contribution is 5.42. The Morgan fingerprint density at radius 1 is 1.05 bits per heavy atom. The van der Waals surface area contributed by atoms with Crippen LogP contribution in [-0.4, -0.2) is 19.8 Å². The Kier molecular flexibility index (Phi) is 9.72. The molecule has 1 aromatic carbocycles. The second-order valence-electron chi connectivity index (χ2n) is 5.94. The summed E-state index contributed by atoms with van der Waals surface area (Å²) in [6.45, 7) is 8.26. The Hall–Kier alpha value is -1.22. The first-order chi connectivity index (χ1) is 10.7. The van der Waals surface area contributed by atoms with Crippen LogP contribution in [0.15, 0.2) is 18.2 Å². The largest absolute Gasteiger partial charge is 0.493 e. The zero-order chi connectivity index (χ0) is 16.2. The summed E-state index contributed by atoms with van der Waals surface area (Å²) in [5.74, 6) is 1.68. The Labute approximate surface area is 136 Å². The van der Waals surface area contributed by atoms with E-state index in [1.165, 1.54) is 31.2 Å². The van der Waals surface area contributed by atoms with Crippen molar-refractivity contribution in [3.63, 3.8) is 0 Å². The molecular weight excluding hydrogens is 274 g/mol. The molecule has 0 aliphatic heterocycles. The summed E-state index contributed by atoms with van der Waals surface area (Å²) in [6, 6.07) is 6.75. The van der Waals surface area contributed by atoms with Gasteiger partial charge in [0, 0.05) is 12.6 Å². The summed E-state index contributed by atoms with van der Waals surface area (Å²) >= 11 is 0. The van der Waals surface area contributed by atoms with Gasteiger partial charge >= 0.3 is 0 Å². The molecule has 3 nitrogen and oxygen atoms in total. The zero-order valence-electron chi connectivity index (χ0n) is 14.8. The smallest absolute Gasteiger partial charge is 0.161 e. The molecule has 1 aromatic rings. The molecule has 1 rings (SSSR count). The summed E-state index contributed by atoms with van der Waals surface area (Å²) in [5, 5.41) is 3.49. The van der Waals surface area contributed by atoms with E-state index in [1.807, 2.05) is 6.07 Å². The summed E-state index contributed by atoms with van der Waals surface area (Å²) in [5.41, 5.74) is 1.23. The van der Waals surface area contributed by atoms with Crippen LogP contribution >= 0.6 is 0 Å². The molecule has 0 bridgehead atoms. The molecule has 1 atom stereocenters. The van der Waals surface area contributed by atoms with E-state index in [4.69, 9.17) is 9.47 Å². The van der Waals surface area contributed by atoms with Crippen LogP contribution in [0.3, 0.4) is 0 Å². The van der Waals surface area contributed by atoms with E-state index in [9.17, 15) is 0 Å². The minimum absolute atomic E-state index is 0.532. The SMILES string of the molecule is CCCCCCCOc1ccc(CNC(C)CC)cc1OC. The average molecular weight is 307 g/mol. The van der Waals surface area contributed by atoms with Gasteiger partial charge in [-0.3, -0.25) is 0 Å². The normalized spacial score (nSPS) is 12.2. The van der Waals surface area contributed by atoms with Crippen LogP contribution in [0.2, 0.25) is 0 Å². The third kappa shape index (κ3) is 7.17. The molecule has 22 heavy (non-hydrogen) atoms. The fraction of sp³-hybridized carbons (Fsp3) is 0.684. The van der Waals surface area contributed by atoms with Crippen LogP contribution in [0.25, 0.3) is 0 Å². The molecule has 0 aromatic heterocycles. The molecule has 0 saturated carbocycles. The Balaban J connectivity index is 2.43. The van der Waals surface area contributed by atoms with Crippen molar-refractivity contribution in [1.82, 2.24) is 5.32 Å². The van der Waals surface area contributed by atoms with Gasteiger partial charge < -0.3 is 14.8 Å². The van der Waals surface area contributed by atoms with E-state index in [1.54, 1.807) is 7.11 Å². The van der Waals surface area contributed by atoms with Crippen molar-refractivity contribution in [3.8, 4) is 11.5 Å². The van der Waals surface area contributed by atoms with Crippen molar-refractivity contribution in [2.75, 3.05) is 13.7 Å². The molecule has 0 fully saturated rings. The predicted molar refractivity (Wildman–Crippen MR) is 93.8 cm³/mol. The van der Waals surface area contributed by atoms with Crippen LogP contribution in [0.1, 0.15) is 64.9 Å². The monoisotopic (exact) mass is 307 g/mol. The van der Waals surface area contributed by atoms with Gasteiger partial charge in [-0.05, 0) is 37.5 Å². The highest BCUT2D eigenvalue weighted by Crippen LogP contribution is 2.28. The third-order valence-electron chi connectivity index (χ3n) is 4.00. The fourth-order valence-electron chi connectivity index (χ4n) is 2.27. The number of benzene rings is 1. The number of ether oxygens (including phenoxy) is 2. The van der Waals surface area contributed by atoms with Crippen molar-refractivity contribution in [3.05, 3.63) is 23.8 Å². The molecule has 0 amide bonds. The number of unbranched alkanes of at least 4 members (excludes halogenated alkanes) is 4. The minimum Gasteiger partial charge on any atom is -0.493 e. The van der Waals surface area contributed by atoms with Crippen LogP contribution in [0, 0.1) is 0 Å². The van der Waals surface area contributed by atoms with E-state index in [0.29, 0.717) is 6.04 Å². The highest BCUT2D eigenvalue weighted by atomic mass is 16.5. The second-order valence-corrected chi connectivity index (χ2v) is 5.94. The van der Waals surface area contributed by atoms with Crippen LogP contribution in [0.5, 0.6) is 11.5 Å². The molecule has 0 radical (unpaired) electrons. The lowest BCUT2D eigenvalue weighted by atomic mass is 10.1. The number of rotatable bonds is 12. The Morgan fingerprint density at radius 2 is 1.82 bits per heavy atom. The second kappa shape index (κ2) is 11.4. The van der Waals surface area contributed by atoms with Crippen LogP contribution in [0.4, 0.5) is 0 Å². The number of hydrogen-bond acceptors (Lipinski definition) is 3. The van der Waals surface area contributed by atoms with Gasteiger partial charge in [-0.15, -0.1) is 0 Å². The topological polar surface area (TPSA) is 30.5 Å². The highest BCUT2D eigenvalue weighted by Gasteiger charge is 2.06. The van der Waals surface area contributed by atoms with E-state index in [0.717, 1.165) is 37.5 Å². The van der Waals surface area contributed by atoms with E-state index < -0.39 is 0 Å². The summed E-state index contributed by atoms with van der Waals surface area (Å²) < 4.78 is 11.3. The van der Waals surface area contributed by atoms with Crippen molar-refractivity contribution in [2.24, 2.45) is 0 Å². The molecule has 126 valence electrons. The molecule has 0 heterocycles. The number of nitrogens with one attached hydrogen (secondary N) is 1. The zero-order valence-corrected chi connectivity index (χ0v) is 14.8. The molecule has 0 aliphatic rings. The van der Waals surface area contributed by atoms with Gasteiger partial charge in [0.25, 0.3) is 0 Å². The first-order valence-corrected chi connectivity index (χ1v) is 8.74.